The minimum atomic E-state index is -1.65. The molecule has 1 saturated carbocycles. The Balaban J connectivity index is 1.69. The topological polar surface area (TPSA) is 102 Å². The van der Waals surface area contributed by atoms with Gasteiger partial charge in [0.05, 0.1) is 23.1 Å². The maximum Gasteiger partial charge on any atom is 0.338 e. The van der Waals surface area contributed by atoms with E-state index in [1.165, 1.54) is 6.92 Å². The molecule has 2 N–H and O–H groups in total. The van der Waals surface area contributed by atoms with Crippen LogP contribution in [0.3, 0.4) is 0 Å². The maximum absolute atomic E-state index is 12.4. The third kappa shape index (κ3) is 1.91. The molecule has 4 rings (SSSR count). The maximum atomic E-state index is 12.4. The molecule has 7 nitrogen and oxygen atoms in total. The molecule has 5 atom stereocenters. The van der Waals surface area contributed by atoms with Gasteiger partial charge in [-0.1, -0.05) is 18.2 Å². The first kappa shape index (κ1) is 14.9. The van der Waals surface area contributed by atoms with Crippen LogP contribution in [0.1, 0.15) is 17.3 Å². The van der Waals surface area contributed by atoms with E-state index in [1.807, 2.05) is 0 Å². The predicted octanol–water partition coefficient (Wildman–Crippen LogP) is 0.148. The predicted molar refractivity (Wildman–Crippen MR) is 79.4 cm³/mol. The fourth-order valence-electron chi connectivity index (χ4n) is 3.89. The van der Waals surface area contributed by atoms with Gasteiger partial charge in [0, 0.05) is 5.92 Å². The molecule has 2 fully saturated rings. The van der Waals surface area contributed by atoms with Crippen molar-refractivity contribution in [2.45, 2.75) is 24.7 Å². The van der Waals surface area contributed by atoms with Gasteiger partial charge in [0.25, 0.3) is 5.91 Å². The molecule has 24 heavy (non-hydrogen) atoms. The van der Waals surface area contributed by atoms with Crippen molar-refractivity contribution in [2.24, 2.45) is 11.8 Å². The Kier molecular flexibility index (Phi) is 3.05. The monoisotopic (exact) mass is 329 g/mol. The van der Waals surface area contributed by atoms with Crippen molar-refractivity contribution in [1.29, 1.82) is 0 Å². The number of hydrogen-bond donors (Lipinski definition) is 2. The molecule has 0 bridgehead atoms. The summed E-state index contributed by atoms with van der Waals surface area (Å²) in [5, 5.41) is 13.6. The summed E-state index contributed by atoms with van der Waals surface area (Å²) in [6.07, 6.45) is 0.0664. The quantitative estimate of drug-likeness (QED) is 0.749. The van der Waals surface area contributed by atoms with Crippen molar-refractivity contribution in [3.8, 4) is 0 Å². The van der Waals surface area contributed by atoms with Crippen LogP contribution >= 0.6 is 0 Å². The molecule has 1 aliphatic carbocycles. The summed E-state index contributed by atoms with van der Waals surface area (Å²) >= 11 is 0. The van der Waals surface area contributed by atoms with Gasteiger partial charge in [0.2, 0.25) is 0 Å². The van der Waals surface area contributed by atoms with Crippen LogP contribution < -0.4 is 5.32 Å². The van der Waals surface area contributed by atoms with Gasteiger partial charge in [0.15, 0.2) is 6.10 Å². The zero-order valence-electron chi connectivity index (χ0n) is 12.8. The number of amides is 1. The Morgan fingerprint density at radius 2 is 2.00 bits per heavy atom. The van der Waals surface area contributed by atoms with Crippen LogP contribution in [-0.2, 0) is 19.1 Å². The first-order chi connectivity index (χ1) is 11.4. The second kappa shape index (κ2) is 4.91. The van der Waals surface area contributed by atoms with Crippen molar-refractivity contribution in [3.05, 3.63) is 47.7 Å². The second-order valence-corrected chi connectivity index (χ2v) is 6.43. The molecule has 124 valence electrons. The molecule has 0 spiro atoms. The number of hydrogen-bond acceptors (Lipinski definition) is 6. The molecule has 2 aliphatic heterocycles. The number of benzene rings is 1. The highest BCUT2D eigenvalue weighted by atomic mass is 16.6. The Bertz CT molecular complexity index is 769. The van der Waals surface area contributed by atoms with Gasteiger partial charge >= 0.3 is 11.9 Å². The van der Waals surface area contributed by atoms with Gasteiger partial charge in [0.1, 0.15) is 11.9 Å². The van der Waals surface area contributed by atoms with Crippen LogP contribution in [-0.4, -0.2) is 40.7 Å². The van der Waals surface area contributed by atoms with E-state index in [0.717, 1.165) is 6.26 Å². The van der Waals surface area contributed by atoms with Crippen molar-refractivity contribution in [3.63, 3.8) is 0 Å². The van der Waals surface area contributed by atoms with Crippen LogP contribution in [0.5, 0.6) is 0 Å². The Hall–Kier alpha value is -2.67. The zero-order valence-corrected chi connectivity index (χ0v) is 12.8. The molecule has 7 heteroatoms. The number of carbonyl (C=O) groups excluding carboxylic acids is 3. The minimum absolute atomic E-state index is 0.295. The van der Waals surface area contributed by atoms with Crippen LogP contribution in [0, 0.1) is 11.8 Å². The summed E-state index contributed by atoms with van der Waals surface area (Å²) in [4.78, 5) is 36.5. The lowest BCUT2D eigenvalue weighted by Crippen LogP contribution is -2.51. The van der Waals surface area contributed by atoms with E-state index in [2.05, 4.69) is 5.32 Å². The third-order valence-corrected chi connectivity index (χ3v) is 5.00. The number of nitrogens with one attached hydrogen (secondary N) is 1. The average molecular weight is 329 g/mol. The van der Waals surface area contributed by atoms with E-state index < -0.39 is 41.5 Å². The summed E-state index contributed by atoms with van der Waals surface area (Å²) in [5.74, 6) is -3.16. The number of ether oxygens (including phenoxy) is 2. The fraction of sp³-hybridized carbons (Fsp3) is 0.353. The Morgan fingerprint density at radius 1 is 1.29 bits per heavy atom. The van der Waals surface area contributed by atoms with Gasteiger partial charge < -0.3 is 19.9 Å². The molecular formula is C17H15NO6. The standard InChI is InChI=1S/C17H15NO6/c1-17(22)11-10-9(7-23-16(11)21)14(19)18-12(10)13(17)24-15(20)8-5-3-2-4-6-8/h2-7,10-13,22H,1H3,(H,18,19)/t10-,11-,12+,13+,17-/m1/s1. The lowest BCUT2D eigenvalue weighted by atomic mass is 9.82. The van der Waals surface area contributed by atoms with E-state index in [4.69, 9.17) is 9.47 Å². The highest BCUT2D eigenvalue weighted by molar-refractivity contribution is 6.00. The van der Waals surface area contributed by atoms with Crippen LogP contribution in [0.2, 0.25) is 0 Å². The summed E-state index contributed by atoms with van der Waals surface area (Å²) in [6, 6.07) is 7.67. The van der Waals surface area contributed by atoms with Gasteiger partial charge in [-0.2, -0.15) is 0 Å². The lowest BCUT2D eigenvalue weighted by Gasteiger charge is -2.32. The summed E-state index contributed by atoms with van der Waals surface area (Å²) in [5.41, 5.74) is -1.03. The fourth-order valence-corrected chi connectivity index (χ4v) is 3.89. The largest absolute Gasteiger partial charge is 0.453 e. The highest BCUT2D eigenvalue weighted by Gasteiger charge is 2.68. The Morgan fingerprint density at radius 3 is 2.71 bits per heavy atom. The number of rotatable bonds is 2. The highest BCUT2D eigenvalue weighted by Crippen LogP contribution is 2.50. The van der Waals surface area contributed by atoms with E-state index in [9.17, 15) is 19.5 Å². The summed E-state index contributed by atoms with van der Waals surface area (Å²) in [7, 11) is 0. The van der Waals surface area contributed by atoms with Crippen molar-refractivity contribution < 1.29 is 29.0 Å². The lowest BCUT2D eigenvalue weighted by molar-refractivity contribution is -0.158. The van der Waals surface area contributed by atoms with E-state index in [0.29, 0.717) is 11.1 Å². The number of carbonyl (C=O) groups is 3. The van der Waals surface area contributed by atoms with Gasteiger partial charge in [-0.3, -0.25) is 9.59 Å². The van der Waals surface area contributed by atoms with Gasteiger partial charge in [-0.05, 0) is 19.1 Å². The molecule has 0 unspecified atom stereocenters. The van der Waals surface area contributed by atoms with E-state index in [1.54, 1.807) is 30.3 Å². The van der Waals surface area contributed by atoms with E-state index >= 15 is 0 Å². The van der Waals surface area contributed by atoms with Crippen molar-refractivity contribution >= 4 is 17.8 Å². The molecule has 1 saturated heterocycles. The van der Waals surface area contributed by atoms with Gasteiger partial charge in [-0.25, -0.2) is 4.79 Å². The van der Waals surface area contributed by atoms with Crippen LogP contribution in [0.25, 0.3) is 0 Å². The second-order valence-electron chi connectivity index (χ2n) is 6.43. The van der Waals surface area contributed by atoms with Crippen molar-refractivity contribution in [2.75, 3.05) is 0 Å². The zero-order chi connectivity index (χ0) is 17.1. The van der Waals surface area contributed by atoms with Crippen LogP contribution in [0.4, 0.5) is 0 Å². The third-order valence-electron chi connectivity index (χ3n) is 5.00. The smallest absolute Gasteiger partial charge is 0.338 e. The molecule has 3 aliphatic rings. The summed E-state index contributed by atoms with van der Waals surface area (Å²) in [6.45, 7) is 1.43. The normalized spacial score (nSPS) is 36.5. The van der Waals surface area contributed by atoms with Gasteiger partial charge in [-0.15, -0.1) is 0 Å². The molecule has 1 aromatic carbocycles. The number of aliphatic hydroxyl groups is 1. The molecule has 0 aromatic heterocycles. The molecule has 0 radical (unpaired) electrons. The SMILES string of the molecule is C[C@]1(O)[C@@H](OC(=O)c2ccccc2)[C@H]2NC(=O)C3=COC(=O)[C@H]1[C@@H]32. The number of cyclic esters (lactones) is 1. The molecule has 1 amide bonds. The summed E-state index contributed by atoms with van der Waals surface area (Å²) < 4.78 is 10.4. The van der Waals surface area contributed by atoms with E-state index in [-0.39, 0.29) is 5.91 Å². The first-order valence-corrected chi connectivity index (χ1v) is 7.61. The number of esters is 2. The molecule has 2 heterocycles. The Labute approximate surface area is 137 Å². The first-order valence-electron chi connectivity index (χ1n) is 7.61. The van der Waals surface area contributed by atoms with Crippen LogP contribution in [0.15, 0.2) is 42.2 Å². The van der Waals surface area contributed by atoms with Crippen molar-refractivity contribution in [1.82, 2.24) is 5.32 Å². The average Bonchev–Trinajstić information content (AvgIpc) is 2.98. The molecular weight excluding hydrogens is 314 g/mol. The minimum Gasteiger partial charge on any atom is -0.453 e. The molecule has 1 aromatic rings.